The van der Waals surface area contributed by atoms with E-state index in [2.05, 4.69) is 55.2 Å². The quantitative estimate of drug-likeness (QED) is 0.389. The van der Waals surface area contributed by atoms with E-state index in [4.69, 9.17) is 9.47 Å². The van der Waals surface area contributed by atoms with Crippen LogP contribution in [0.25, 0.3) is 10.9 Å². The van der Waals surface area contributed by atoms with Gasteiger partial charge in [-0.15, -0.1) is 0 Å². The molecule has 1 amide bonds. The molecule has 0 radical (unpaired) electrons. The van der Waals surface area contributed by atoms with Crippen molar-refractivity contribution >= 4 is 23.3 Å². The van der Waals surface area contributed by atoms with E-state index in [1.807, 2.05) is 20.8 Å². The highest BCUT2D eigenvalue weighted by atomic mass is 16.6. The second-order valence-electron chi connectivity index (χ2n) is 10.0. The fourth-order valence-corrected chi connectivity index (χ4v) is 4.08. The number of alkyl carbamates (subject to hydrolysis) is 1. The normalized spacial score (nSPS) is 13.9. The van der Waals surface area contributed by atoms with Crippen LogP contribution < -0.4 is 5.32 Å². The minimum atomic E-state index is -0.596. The van der Waals surface area contributed by atoms with E-state index in [0.29, 0.717) is 12.3 Å². The smallest absolute Gasteiger partial charge is 0.408 e. The van der Waals surface area contributed by atoms with E-state index in [9.17, 15) is 9.59 Å². The Morgan fingerprint density at radius 1 is 1.25 bits per heavy atom. The fraction of sp³-hybridized carbons (Fsp3) is 0.615. The molecule has 0 saturated heterocycles. The summed E-state index contributed by atoms with van der Waals surface area (Å²) in [5.74, 6) is 0.615. The van der Waals surface area contributed by atoms with Crippen LogP contribution in [0.3, 0.4) is 0 Å². The Kier molecular flexibility index (Phi) is 9.32. The van der Waals surface area contributed by atoms with Crippen LogP contribution in [0.2, 0.25) is 0 Å². The van der Waals surface area contributed by atoms with Crippen molar-refractivity contribution in [1.82, 2.24) is 9.88 Å². The lowest BCUT2D eigenvalue weighted by atomic mass is 9.84. The molecule has 0 fully saturated rings. The molecule has 1 N–H and O–H groups in total. The predicted molar refractivity (Wildman–Crippen MR) is 129 cm³/mol. The first kappa shape index (κ1) is 25.9. The summed E-state index contributed by atoms with van der Waals surface area (Å²) in [6, 6.07) is 6.07. The zero-order valence-electron chi connectivity index (χ0n) is 20.7. The van der Waals surface area contributed by atoms with Crippen LogP contribution in [-0.2, 0) is 34.2 Å². The van der Waals surface area contributed by atoms with Crippen LogP contribution >= 0.6 is 0 Å². The minimum absolute atomic E-state index is 0.248. The number of carbonyl (C=O) groups excluding carboxylic acids is 2. The number of amides is 1. The highest BCUT2D eigenvalue weighted by molar-refractivity contribution is 5.84. The van der Waals surface area contributed by atoms with Crippen LogP contribution in [0.5, 0.6) is 0 Å². The number of rotatable bonds is 11. The van der Waals surface area contributed by atoms with Gasteiger partial charge in [-0.2, -0.15) is 0 Å². The van der Waals surface area contributed by atoms with Gasteiger partial charge in [0, 0.05) is 37.9 Å². The Morgan fingerprint density at radius 3 is 2.56 bits per heavy atom. The van der Waals surface area contributed by atoms with E-state index >= 15 is 0 Å². The molecule has 0 bridgehead atoms. The number of nitrogens with one attached hydrogen (secondary N) is 1. The van der Waals surface area contributed by atoms with E-state index < -0.39 is 17.7 Å². The molecule has 0 saturated carbocycles. The second-order valence-corrected chi connectivity index (χ2v) is 10.0. The van der Waals surface area contributed by atoms with Crippen LogP contribution in [0, 0.1) is 11.8 Å². The van der Waals surface area contributed by atoms with Crippen molar-refractivity contribution in [2.24, 2.45) is 18.9 Å². The molecular weight excluding hydrogens is 404 g/mol. The molecule has 2 atom stereocenters. The standard InChI is InChI=1S/C26H40N2O4/c1-18(2)21(15-22(17-29)27-25(30)32-26(3,4)5)13-19-10-11-24-23(14-19)20(16-28(24)6)9-8-12-31-7/h10-11,14,16-18,21-22H,8-9,12-13,15H2,1-7H3,(H,27,30). The maximum Gasteiger partial charge on any atom is 0.408 e. The summed E-state index contributed by atoms with van der Waals surface area (Å²) >= 11 is 0. The first-order valence-electron chi connectivity index (χ1n) is 11.5. The minimum Gasteiger partial charge on any atom is -0.444 e. The SMILES string of the molecule is COCCCc1cn(C)c2ccc(CC(CC(C=O)NC(=O)OC(C)(C)C)C(C)C)cc12. The number of nitrogens with zero attached hydrogens (tertiary/aromatic N) is 1. The number of aldehydes is 1. The van der Waals surface area contributed by atoms with Crippen LogP contribution in [0.15, 0.2) is 24.4 Å². The molecule has 1 aromatic carbocycles. The number of methoxy groups -OCH3 is 1. The molecule has 2 unspecified atom stereocenters. The molecule has 6 heteroatoms. The number of benzene rings is 1. The molecule has 2 aromatic rings. The lowest BCUT2D eigenvalue weighted by Gasteiger charge is -2.26. The zero-order valence-corrected chi connectivity index (χ0v) is 20.7. The van der Waals surface area contributed by atoms with Crippen LogP contribution in [0.1, 0.15) is 58.6 Å². The van der Waals surface area contributed by atoms with Crippen molar-refractivity contribution in [3.05, 3.63) is 35.5 Å². The molecular formula is C26H40N2O4. The number of hydrogen-bond acceptors (Lipinski definition) is 4. The second kappa shape index (κ2) is 11.5. The third kappa shape index (κ3) is 7.66. The average molecular weight is 445 g/mol. The number of carbonyl (C=O) groups is 2. The van der Waals surface area contributed by atoms with Gasteiger partial charge in [0.25, 0.3) is 0 Å². The van der Waals surface area contributed by atoms with E-state index in [1.54, 1.807) is 7.11 Å². The topological polar surface area (TPSA) is 69.6 Å². The highest BCUT2D eigenvalue weighted by Gasteiger charge is 2.24. The summed E-state index contributed by atoms with van der Waals surface area (Å²) < 4.78 is 12.7. The maximum absolute atomic E-state index is 12.1. The van der Waals surface area contributed by atoms with Crippen molar-refractivity contribution < 1.29 is 19.1 Å². The zero-order chi connectivity index (χ0) is 23.9. The van der Waals surface area contributed by atoms with Crippen molar-refractivity contribution in [2.75, 3.05) is 13.7 Å². The van der Waals surface area contributed by atoms with Gasteiger partial charge >= 0.3 is 6.09 Å². The maximum atomic E-state index is 12.1. The summed E-state index contributed by atoms with van der Waals surface area (Å²) in [5, 5.41) is 4.00. The molecule has 0 aliphatic rings. The third-order valence-corrected chi connectivity index (χ3v) is 5.79. The van der Waals surface area contributed by atoms with E-state index in [0.717, 1.165) is 32.2 Å². The highest BCUT2D eigenvalue weighted by Crippen LogP contribution is 2.27. The Hall–Kier alpha value is -2.34. The lowest BCUT2D eigenvalue weighted by molar-refractivity contribution is -0.110. The van der Waals surface area contributed by atoms with Gasteiger partial charge in [-0.1, -0.05) is 19.9 Å². The largest absolute Gasteiger partial charge is 0.444 e. The van der Waals surface area contributed by atoms with Crippen molar-refractivity contribution in [2.45, 2.75) is 71.9 Å². The van der Waals surface area contributed by atoms with E-state index in [1.165, 1.54) is 22.0 Å². The number of ether oxygens (including phenoxy) is 2. The Balaban J connectivity index is 2.14. The molecule has 1 aromatic heterocycles. The predicted octanol–water partition coefficient (Wildman–Crippen LogP) is 5.05. The first-order chi connectivity index (χ1) is 15.0. The third-order valence-electron chi connectivity index (χ3n) is 5.79. The van der Waals surface area contributed by atoms with E-state index in [-0.39, 0.29) is 5.92 Å². The molecule has 32 heavy (non-hydrogen) atoms. The average Bonchev–Trinajstić information content (AvgIpc) is 3.00. The molecule has 1 heterocycles. The summed E-state index contributed by atoms with van der Waals surface area (Å²) in [5.41, 5.74) is 3.21. The lowest BCUT2D eigenvalue weighted by Crippen LogP contribution is -2.41. The number of fused-ring (bicyclic) bond motifs is 1. The summed E-state index contributed by atoms with van der Waals surface area (Å²) in [6.45, 7) is 10.5. The molecule has 0 aliphatic carbocycles. The van der Waals surface area contributed by atoms with Gasteiger partial charge in [0.15, 0.2) is 0 Å². The van der Waals surface area contributed by atoms with Crippen molar-refractivity contribution in [3.8, 4) is 0 Å². The fourth-order valence-electron chi connectivity index (χ4n) is 4.08. The van der Waals surface area contributed by atoms with Crippen molar-refractivity contribution in [3.63, 3.8) is 0 Å². The van der Waals surface area contributed by atoms with Gasteiger partial charge in [0.1, 0.15) is 11.9 Å². The number of aromatic nitrogens is 1. The number of aryl methyl sites for hydroxylation is 2. The van der Waals surface area contributed by atoms with Crippen molar-refractivity contribution in [1.29, 1.82) is 0 Å². The Labute approximate surface area is 192 Å². The summed E-state index contributed by atoms with van der Waals surface area (Å²) in [4.78, 5) is 23.8. The van der Waals surface area contributed by atoms with Gasteiger partial charge < -0.3 is 24.2 Å². The Morgan fingerprint density at radius 2 is 1.97 bits per heavy atom. The molecule has 2 rings (SSSR count). The summed E-state index contributed by atoms with van der Waals surface area (Å²) in [6.07, 6.45) is 5.86. The van der Waals surface area contributed by atoms with Gasteiger partial charge in [0.2, 0.25) is 0 Å². The van der Waals surface area contributed by atoms with Gasteiger partial charge in [-0.25, -0.2) is 4.79 Å². The van der Waals surface area contributed by atoms with Crippen LogP contribution in [-0.4, -0.2) is 42.3 Å². The Bertz CT molecular complexity index is 895. The van der Waals surface area contributed by atoms with Gasteiger partial charge in [-0.05, 0) is 81.5 Å². The molecule has 0 spiro atoms. The van der Waals surface area contributed by atoms with Gasteiger partial charge in [0.05, 0.1) is 6.04 Å². The molecule has 6 nitrogen and oxygen atoms in total. The first-order valence-corrected chi connectivity index (χ1v) is 11.5. The monoisotopic (exact) mass is 444 g/mol. The summed E-state index contributed by atoms with van der Waals surface area (Å²) in [7, 11) is 3.81. The molecule has 178 valence electrons. The molecule has 0 aliphatic heterocycles. The number of hydrogen-bond donors (Lipinski definition) is 1. The van der Waals surface area contributed by atoms with Gasteiger partial charge in [-0.3, -0.25) is 0 Å². The van der Waals surface area contributed by atoms with Crippen LogP contribution in [0.4, 0.5) is 4.79 Å².